The van der Waals surface area contributed by atoms with Crippen LogP contribution in [-0.4, -0.2) is 22.1 Å². The molecule has 0 bridgehead atoms. The molecule has 1 N–H and O–H groups in total. The first-order valence-corrected chi connectivity index (χ1v) is 9.88. The monoisotopic (exact) mass is 411 g/mol. The number of carbonyl (C=O) groups excluding carboxylic acids is 1. The van der Waals surface area contributed by atoms with Crippen LogP contribution in [0.15, 0.2) is 60.9 Å². The van der Waals surface area contributed by atoms with Gasteiger partial charge in [-0.05, 0) is 34.7 Å². The van der Waals surface area contributed by atoms with Gasteiger partial charge in [-0.2, -0.15) is 0 Å². The third-order valence-corrected chi connectivity index (χ3v) is 4.93. The number of carbonyl (C=O) groups is 1. The molecule has 0 aliphatic carbocycles. The smallest absolute Gasteiger partial charge is 0.258 e. The van der Waals surface area contributed by atoms with Crippen LogP contribution in [0.2, 0.25) is 5.02 Å². The maximum Gasteiger partial charge on any atom is 0.258 e. The van der Waals surface area contributed by atoms with Crippen molar-refractivity contribution in [2.45, 2.75) is 32.2 Å². The fourth-order valence-corrected chi connectivity index (χ4v) is 3.29. The van der Waals surface area contributed by atoms with Crippen LogP contribution >= 0.6 is 11.6 Å². The molecule has 0 radical (unpaired) electrons. The summed E-state index contributed by atoms with van der Waals surface area (Å²) in [5.74, 6) is 1.22. The minimum absolute atomic E-state index is 0.0775. The number of imidazole rings is 1. The van der Waals surface area contributed by atoms with Crippen molar-refractivity contribution in [1.29, 1.82) is 0 Å². The number of hydrogen-bond acceptors (Lipinski definition) is 3. The van der Waals surface area contributed by atoms with Gasteiger partial charge in [0.15, 0.2) is 6.61 Å². The van der Waals surface area contributed by atoms with Gasteiger partial charge in [-0.1, -0.05) is 62.7 Å². The molecule has 1 aromatic heterocycles. The summed E-state index contributed by atoms with van der Waals surface area (Å²) in [6, 6.07) is 14.8. The largest absolute Gasteiger partial charge is 0.483 e. The zero-order chi connectivity index (χ0) is 21.0. The van der Waals surface area contributed by atoms with Gasteiger partial charge in [-0.25, -0.2) is 4.98 Å². The van der Waals surface area contributed by atoms with Gasteiger partial charge in [0.25, 0.3) is 5.91 Å². The number of aryl methyl sites for hydroxylation is 1. The van der Waals surface area contributed by atoms with Crippen LogP contribution in [-0.2, 0) is 17.3 Å². The van der Waals surface area contributed by atoms with E-state index in [4.69, 9.17) is 16.3 Å². The lowest BCUT2D eigenvalue weighted by Gasteiger charge is -2.23. The first kappa shape index (κ1) is 20.9. The molecular formula is C23H26ClN3O2. The lowest BCUT2D eigenvalue weighted by Crippen LogP contribution is -2.34. The van der Waals surface area contributed by atoms with Gasteiger partial charge in [-0.15, -0.1) is 0 Å². The number of benzene rings is 2. The molecule has 5 nitrogen and oxygen atoms in total. The second-order valence-corrected chi connectivity index (χ2v) is 8.42. The van der Waals surface area contributed by atoms with Crippen molar-refractivity contribution in [2.75, 3.05) is 6.61 Å². The highest BCUT2D eigenvalue weighted by molar-refractivity contribution is 6.30. The number of rotatable bonds is 6. The lowest BCUT2D eigenvalue weighted by molar-refractivity contribution is -0.123. The van der Waals surface area contributed by atoms with E-state index in [0.29, 0.717) is 5.02 Å². The minimum atomic E-state index is -0.402. The number of nitrogens with zero attached hydrogens (tertiary/aromatic N) is 2. The molecule has 29 heavy (non-hydrogen) atoms. The van der Waals surface area contributed by atoms with Crippen LogP contribution < -0.4 is 10.1 Å². The van der Waals surface area contributed by atoms with Gasteiger partial charge < -0.3 is 14.6 Å². The molecule has 152 valence electrons. The Labute approximate surface area is 176 Å². The molecule has 0 aliphatic rings. The van der Waals surface area contributed by atoms with Crippen molar-refractivity contribution in [3.8, 4) is 5.75 Å². The van der Waals surface area contributed by atoms with E-state index in [1.807, 2.05) is 54.2 Å². The first-order valence-electron chi connectivity index (χ1n) is 9.50. The maximum absolute atomic E-state index is 12.7. The number of amides is 1. The van der Waals surface area contributed by atoms with Gasteiger partial charge in [0.2, 0.25) is 0 Å². The second-order valence-electron chi connectivity index (χ2n) is 7.98. The molecule has 0 spiro atoms. The maximum atomic E-state index is 12.7. The van der Waals surface area contributed by atoms with Gasteiger partial charge >= 0.3 is 0 Å². The first-order chi connectivity index (χ1) is 13.8. The summed E-state index contributed by atoms with van der Waals surface area (Å²) in [6.07, 6.45) is 3.56. The molecule has 3 aromatic rings. The van der Waals surface area contributed by atoms with E-state index < -0.39 is 6.04 Å². The van der Waals surface area contributed by atoms with Crippen LogP contribution in [0, 0.1) is 0 Å². The molecule has 0 saturated carbocycles. The number of nitrogens with one attached hydrogen (secondary N) is 1. The molecule has 1 atom stereocenters. The zero-order valence-electron chi connectivity index (χ0n) is 17.1. The van der Waals surface area contributed by atoms with Crippen molar-refractivity contribution in [3.05, 3.63) is 82.9 Å². The Morgan fingerprint density at radius 3 is 2.48 bits per heavy atom. The van der Waals surface area contributed by atoms with Crippen molar-refractivity contribution in [2.24, 2.45) is 7.05 Å². The summed E-state index contributed by atoms with van der Waals surface area (Å²) in [7, 11) is 1.90. The summed E-state index contributed by atoms with van der Waals surface area (Å²) in [6.45, 7) is 6.27. The second kappa shape index (κ2) is 8.70. The highest BCUT2D eigenvalue weighted by atomic mass is 35.5. The number of hydrogen-bond donors (Lipinski definition) is 1. The topological polar surface area (TPSA) is 56.2 Å². The Balaban J connectivity index is 1.76. The third-order valence-electron chi connectivity index (χ3n) is 4.68. The van der Waals surface area contributed by atoms with Crippen molar-refractivity contribution in [3.63, 3.8) is 0 Å². The average Bonchev–Trinajstić information content (AvgIpc) is 3.10. The van der Waals surface area contributed by atoms with Crippen molar-refractivity contribution in [1.82, 2.24) is 14.9 Å². The van der Waals surface area contributed by atoms with Crippen LogP contribution in [0.4, 0.5) is 0 Å². The zero-order valence-corrected chi connectivity index (χ0v) is 17.9. The average molecular weight is 412 g/mol. The normalized spacial score (nSPS) is 12.4. The highest BCUT2D eigenvalue weighted by Crippen LogP contribution is 2.31. The molecule has 3 rings (SSSR count). The number of ether oxygens (including phenoxy) is 1. The third kappa shape index (κ3) is 5.18. The van der Waals surface area contributed by atoms with E-state index in [0.717, 1.165) is 22.7 Å². The molecule has 2 aromatic carbocycles. The van der Waals surface area contributed by atoms with E-state index in [1.54, 1.807) is 18.3 Å². The Hall–Kier alpha value is -2.79. The van der Waals surface area contributed by atoms with E-state index in [9.17, 15) is 4.79 Å². The highest BCUT2D eigenvalue weighted by Gasteiger charge is 2.22. The molecule has 1 heterocycles. The fraction of sp³-hybridized carbons (Fsp3) is 0.304. The summed E-state index contributed by atoms with van der Waals surface area (Å²) in [5.41, 5.74) is 1.88. The lowest BCUT2D eigenvalue weighted by atomic mass is 9.86. The van der Waals surface area contributed by atoms with Crippen LogP contribution in [0.3, 0.4) is 0 Å². The molecule has 1 unspecified atom stereocenters. The van der Waals surface area contributed by atoms with E-state index in [-0.39, 0.29) is 17.9 Å². The standard InChI is InChI=1S/C23H26ClN3O2/c1-23(2,3)18-7-5-6-8-19(18)29-15-20(28)26-21(22-25-13-14-27(22)4)16-9-11-17(24)12-10-16/h5-14,21H,15H2,1-4H3,(H,26,28). The predicted octanol–water partition coefficient (Wildman–Crippen LogP) is 4.66. The van der Waals surface area contributed by atoms with Crippen LogP contribution in [0.5, 0.6) is 5.75 Å². The molecule has 0 aliphatic heterocycles. The van der Waals surface area contributed by atoms with E-state index in [1.165, 1.54) is 0 Å². The van der Waals surface area contributed by atoms with Crippen molar-refractivity contribution >= 4 is 17.5 Å². The number of para-hydroxylation sites is 1. The Kier molecular flexibility index (Phi) is 6.28. The number of halogens is 1. The Morgan fingerprint density at radius 1 is 1.17 bits per heavy atom. The quantitative estimate of drug-likeness (QED) is 0.642. The van der Waals surface area contributed by atoms with Crippen LogP contribution in [0.25, 0.3) is 0 Å². The Bertz CT molecular complexity index is 974. The molecule has 0 saturated heterocycles. The molecule has 0 fully saturated rings. The minimum Gasteiger partial charge on any atom is -0.483 e. The molecule has 1 amide bonds. The van der Waals surface area contributed by atoms with Crippen LogP contribution in [0.1, 0.15) is 43.8 Å². The van der Waals surface area contributed by atoms with Gasteiger partial charge in [-0.3, -0.25) is 4.79 Å². The van der Waals surface area contributed by atoms with E-state index >= 15 is 0 Å². The Morgan fingerprint density at radius 2 is 1.86 bits per heavy atom. The van der Waals surface area contributed by atoms with E-state index in [2.05, 4.69) is 31.1 Å². The van der Waals surface area contributed by atoms with Gasteiger partial charge in [0.1, 0.15) is 17.6 Å². The van der Waals surface area contributed by atoms with Gasteiger partial charge in [0.05, 0.1) is 0 Å². The van der Waals surface area contributed by atoms with Crippen molar-refractivity contribution < 1.29 is 9.53 Å². The predicted molar refractivity (Wildman–Crippen MR) is 115 cm³/mol. The van der Waals surface area contributed by atoms with Gasteiger partial charge in [0, 0.05) is 24.5 Å². The summed E-state index contributed by atoms with van der Waals surface area (Å²) >= 11 is 6.02. The summed E-state index contributed by atoms with van der Waals surface area (Å²) in [4.78, 5) is 17.1. The molecular weight excluding hydrogens is 386 g/mol. The molecule has 6 heteroatoms. The summed E-state index contributed by atoms with van der Waals surface area (Å²) in [5, 5.41) is 3.67. The SMILES string of the molecule is Cn1ccnc1C(NC(=O)COc1ccccc1C(C)(C)C)c1ccc(Cl)cc1. The summed E-state index contributed by atoms with van der Waals surface area (Å²) < 4.78 is 7.75. The fourth-order valence-electron chi connectivity index (χ4n) is 3.17. The number of aromatic nitrogens is 2.